The van der Waals surface area contributed by atoms with Crippen LogP contribution in [0.5, 0.6) is 0 Å². The van der Waals surface area contributed by atoms with Crippen LogP contribution in [0, 0.1) is 5.41 Å². The number of hydrogen-bond donors (Lipinski definition) is 2. The van der Waals surface area contributed by atoms with Crippen molar-refractivity contribution in [2.24, 2.45) is 5.41 Å². The lowest BCUT2D eigenvalue weighted by Crippen LogP contribution is -2.34. The van der Waals surface area contributed by atoms with Crippen LogP contribution in [0.25, 0.3) is 0 Å². The largest absolute Gasteiger partial charge is 0.481 e. The molecule has 0 fully saturated rings. The van der Waals surface area contributed by atoms with Gasteiger partial charge in [-0.05, 0) is 38.5 Å². The highest BCUT2D eigenvalue weighted by Gasteiger charge is 2.30. The molecule has 0 aromatic heterocycles. The molecule has 0 spiro atoms. The van der Waals surface area contributed by atoms with E-state index >= 15 is 0 Å². The third-order valence-corrected chi connectivity index (χ3v) is 3.46. The van der Waals surface area contributed by atoms with Gasteiger partial charge < -0.3 is 10.4 Å². The Hall–Kier alpha value is -1.36. The summed E-state index contributed by atoms with van der Waals surface area (Å²) >= 11 is 3.35. The van der Waals surface area contributed by atoms with E-state index in [1.54, 1.807) is 13.8 Å². The molecule has 1 unspecified atom stereocenters. The van der Waals surface area contributed by atoms with Crippen molar-refractivity contribution in [3.63, 3.8) is 0 Å². The van der Waals surface area contributed by atoms with Crippen LogP contribution in [-0.4, -0.2) is 17.0 Å². The smallest absolute Gasteiger partial charge is 0.309 e. The first kappa shape index (κ1) is 15.7. The molecule has 1 aromatic carbocycles. The first-order valence-electron chi connectivity index (χ1n) is 6.00. The van der Waals surface area contributed by atoms with Gasteiger partial charge in [0.2, 0.25) is 5.91 Å². The van der Waals surface area contributed by atoms with Gasteiger partial charge in [0, 0.05) is 10.9 Å². The fourth-order valence-corrected chi connectivity index (χ4v) is 1.87. The second-order valence-electron chi connectivity index (χ2n) is 5.21. The van der Waals surface area contributed by atoms with Gasteiger partial charge in [-0.1, -0.05) is 28.1 Å². The Morgan fingerprint density at radius 2 is 1.84 bits per heavy atom. The minimum absolute atomic E-state index is 0.0385. The van der Waals surface area contributed by atoms with E-state index in [0.29, 0.717) is 0 Å². The maximum Gasteiger partial charge on any atom is 0.309 e. The van der Waals surface area contributed by atoms with E-state index in [1.807, 2.05) is 31.2 Å². The van der Waals surface area contributed by atoms with Crippen molar-refractivity contribution in [2.45, 2.75) is 33.2 Å². The molecule has 0 bridgehead atoms. The quantitative estimate of drug-likeness (QED) is 0.873. The number of rotatable bonds is 5. The van der Waals surface area contributed by atoms with Crippen LogP contribution < -0.4 is 5.32 Å². The Morgan fingerprint density at radius 1 is 1.32 bits per heavy atom. The van der Waals surface area contributed by atoms with Gasteiger partial charge in [-0.15, -0.1) is 0 Å². The Kier molecular flexibility index (Phi) is 5.11. The van der Waals surface area contributed by atoms with Crippen LogP contribution >= 0.6 is 15.9 Å². The molecule has 0 aliphatic rings. The summed E-state index contributed by atoms with van der Waals surface area (Å²) in [4.78, 5) is 22.8. The number of nitrogens with one attached hydrogen (secondary N) is 1. The maximum atomic E-state index is 11.8. The Bertz CT molecular complexity index is 468. The molecular formula is C14H18BrNO3. The number of carboxylic acid groups (broad SMARTS) is 1. The number of hydrogen-bond acceptors (Lipinski definition) is 2. The summed E-state index contributed by atoms with van der Waals surface area (Å²) in [6, 6.07) is 7.48. The third kappa shape index (κ3) is 4.67. The van der Waals surface area contributed by atoms with E-state index in [-0.39, 0.29) is 18.4 Å². The summed E-state index contributed by atoms with van der Waals surface area (Å²) < 4.78 is 0.974. The standard InChI is InChI=1S/C14H18BrNO3/c1-9(10-4-6-11(15)7-5-10)16-12(17)8-14(2,3)13(18)19/h4-7,9H,8H2,1-3H3,(H,16,17)(H,18,19). The molecule has 1 amide bonds. The van der Waals surface area contributed by atoms with Crippen molar-refractivity contribution in [1.29, 1.82) is 0 Å². The number of aliphatic carboxylic acids is 1. The highest BCUT2D eigenvalue weighted by Crippen LogP contribution is 2.22. The van der Waals surface area contributed by atoms with Crippen molar-refractivity contribution in [3.05, 3.63) is 34.3 Å². The molecule has 0 heterocycles. The zero-order valence-electron chi connectivity index (χ0n) is 11.2. The van der Waals surface area contributed by atoms with E-state index in [9.17, 15) is 9.59 Å². The van der Waals surface area contributed by atoms with Crippen molar-refractivity contribution >= 4 is 27.8 Å². The van der Waals surface area contributed by atoms with E-state index in [4.69, 9.17) is 5.11 Å². The minimum atomic E-state index is -1.05. The third-order valence-electron chi connectivity index (χ3n) is 2.93. The summed E-state index contributed by atoms with van der Waals surface area (Å²) in [5.41, 5.74) is -0.0755. The van der Waals surface area contributed by atoms with Gasteiger partial charge in [-0.25, -0.2) is 0 Å². The molecule has 104 valence electrons. The van der Waals surface area contributed by atoms with Crippen LogP contribution in [0.2, 0.25) is 0 Å². The summed E-state index contributed by atoms with van der Waals surface area (Å²) in [6.45, 7) is 4.95. The van der Waals surface area contributed by atoms with E-state index in [2.05, 4.69) is 21.2 Å². The van der Waals surface area contributed by atoms with Crippen LogP contribution in [0.1, 0.15) is 38.8 Å². The van der Waals surface area contributed by atoms with Crippen molar-refractivity contribution in [2.75, 3.05) is 0 Å². The number of carbonyl (C=O) groups excluding carboxylic acids is 1. The number of carboxylic acids is 1. The predicted molar refractivity (Wildman–Crippen MR) is 76.7 cm³/mol. The summed E-state index contributed by atoms with van der Waals surface area (Å²) in [5, 5.41) is 11.8. The van der Waals surface area contributed by atoms with Crippen molar-refractivity contribution in [3.8, 4) is 0 Å². The second-order valence-corrected chi connectivity index (χ2v) is 6.12. The molecule has 0 aliphatic heterocycles. The Balaban J connectivity index is 2.62. The monoisotopic (exact) mass is 327 g/mol. The lowest BCUT2D eigenvalue weighted by molar-refractivity contribution is -0.149. The second kappa shape index (κ2) is 6.19. The van der Waals surface area contributed by atoms with Gasteiger partial charge in [0.25, 0.3) is 0 Å². The summed E-state index contributed by atoms with van der Waals surface area (Å²) in [6.07, 6.45) is -0.0385. The number of benzene rings is 1. The molecule has 0 saturated carbocycles. The van der Waals surface area contributed by atoms with E-state index in [0.717, 1.165) is 10.0 Å². The summed E-state index contributed by atoms with van der Waals surface area (Å²) in [5.74, 6) is -1.23. The van der Waals surface area contributed by atoms with Crippen LogP contribution in [0.4, 0.5) is 0 Å². The zero-order chi connectivity index (χ0) is 14.6. The van der Waals surface area contributed by atoms with Crippen molar-refractivity contribution < 1.29 is 14.7 Å². The zero-order valence-corrected chi connectivity index (χ0v) is 12.8. The van der Waals surface area contributed by atoms with Gasteiger partial charge >= 0.3 is 5.97 Å². The number of carbonyl (C=O) groups is 2. The predicted octanol–water partition coefficient (Wildman–Crippen LogP) is 3.13. The minimum Gasteiger partial charge on any atom is -0.481 e. The first-order chi connectivity index (χ1) is 8.72. The summed E-state index contributed by atoms with van der Waals surface area (Å²) in [7, 11) is 0. The molecule has 1 aromatic rings. The number of amides is 1. The van der Waals surface area contributed by atoms with Crippen LogP contribution in [0.3, 0.4) is 0 Å². The van der Waals surface area contributed by atoms with E-state index in [1.165, 1.54) is 0 Å². The maximum absolute atomic E-state index is 11.8. The molecule has 19 heavy (non-hydrogen) atoms. The molecule has 1 atom stereocenters. The normalized spacial score (nSPS) is 12.8. The lowest BCUT2D eigenvalue weighted by Gasteiger charge is -2.20. The molecule has 5 heteroatoms. The van der Waals surface area contributed by atoms with Crippen LogP contribution in [0.15, 0.2) is 28.7 Å². The average molecular weight is 328 g/mol. The molecule has 2 N–H and O–H groups in total. The molecule has 0 saturated heterocycles. The van der Waals surface area contributed by atoms with Gasteiger partial charge in [-0.2, -0.15) is 0 Å². The fourth-order valence-electron chi connectivity index (χ4n) is 1.60. The number of halogens is 1. The molecule has 0 aliphatic carbocycles. The van der Waals surface area contributed by atoms with Crippen molar-refractivity contribution in [1.82, 2.24) is 5.32 Å². The SMILES string of the molecule is CC(NC(=O)CC(C)(C)C(=O)O)c1ccc(Br)cc1. The van der Waals surface area contributed by atoms with Gasteiger partial charge in [0.05, 0.1) is 11.5 Å². The van der Waals surface area contributed by atoms with Gasteiger partial charge in [0.1, 0.15) is 0 Å². The Labute approximate surface area is 121 Å². The lowest BCUT2D eigenvalue weighted by atomic mass is 9.89. The topological polar surface area (TPSA) is 66.4 Å². The molecule has 1 rings (SSSR count). The van der Waals surface area contributed by atoms with E-state index < -0.39 is 11.4 Å². The first-order valence-corrected chi connectivity index (χ1v) is 6.80. The Morgan fingerprint density at radius 3 is 2.32 bits per heavy atom. The average Bonchev–Trinajstić information content (AvgIpc) is 2.28. The molecule has 4 nitrogen and oxygen atoms in total. The van der Waals surface area contributed by atoms with Gasteiger partial charge in [-0.3, -0.25) is 9.59 Å². The highest BCUT2D eigenvalue weighted by molar-refractivity contribution is 9.10. The van der Waals surface area contributed by atoms with Crippen LogP contribution in [-0.2, 0) is 9.59 Å². The highest BCUT2D eigenvalue weighted by atomic mass is 79.9. The van der Waals surface area contributed by atoms with Gasteiger partial charge in [0.15, 0.2) is 0 Å². The fraction of sp³-hybridized carbons (Fsp3) is 0.429. The molecular weight excluding hydrogens is 310 g/mol. The molecule has 0 radical (unpaired) electrons.